The number of carbonyl (C=O) groups is 1. The zero-order valence-corrected chi connectivity index (χ0v) is 14.6. The van der Waals surface area contributed by atoms with Gasteiger partial charge in [-0.15, -0.1) is 0 Å². The first kappa shape index (κ1) is 17.1. The maximum absolute atomic E-state index is 12.4. The lowest BCUT2D eigenvalue weighted by molar-refractivity contribution is -0.127. The van der Waals surface area contributed by atoms with Gasteiger partial charge in [-0.25, -0.2) is 4.79 Å². The average Bonchev–Trinajstić information content (AvgIpc) is 2.95. The van der Waals surface area contributed by atoms with Crippen molar-refractivity contribution in [2.24, 2.45) is 0 Å². The summed E-state index contributed by atoms with van der Waals surface area (Å²) in [6.07, 6.45) is -0.696. The highest BCUT2D eigenvalue weighted by molar-refractivity contribution is 6.32. The van der Waals surface area contributed by atoms with Crippen LogP contribution in [0.4, 0.5) is 0 Å². The summed E-state index contributed by atoms with van der Waals surface area (Å²) >= 11 is 6.04. The number of ether oxygens (including phenoxy) is 1. The van der Waals surface area contributed by atoms with Gasteiger partial charge in [0, 0.05) is 0 Å². The molecule has 0 aliphatic carbocycles. The molecule has 3 rings (SSSR count). The van der Waals surface area contributed by atoms with Crippen LogP contribution in [-0.2, 0) is 4.79 Å². The summed E-state index contributed by atoms with van der Waals surface area (Å²) in [7, 11) is 0. The lowest BCUT2D eigenvalue weighted by atomic mass is 10.1. The maximum Gasteiger partial charge on any atom is 0.323 e. The molecule has 3 N–H and O–H groups in total. The van der Waals surface area contributed by atoms with E-state index in [0.29, 0.717) is 16.3 Å². The van der Waals surface area contributed by atoms with Crippen molar-refractivity contribution in [3.8, 4) is 5.75 Å². The number of carbonyl (C=O) groups excluding carboxylic acids is 1. The fourth-order valence-electron chi connectivity index (χ4n) is 2.52. The molecule has 2 aromatic carbocycles. The van der Waals surface area contributed by atoms with Gasteiger partial charge in [0.1, 0.15) is 5.75 Å². The highest BCUT2D eigenvalue weighted by Crippen LogP contribution is 2.24. The van der Waals surface area contributed by atoms with Gasteiger partial charge in [0.05, 0.1) is 22.1 Å². The maximum atomic E-state index is 12.4. The van der Waals surface area contributed by atoms with E-state index >= 15 is 0 Å². The summed E-state index contributed by atoms with van der Waals surface area (Å²) in [5.74, 6) is 0.209. The van der Waals surface area contributed by atoms with E-state index in [1.54, 1.807) is 37.3 Å². The molecule has 0 aliphatic rings. The van der Waals surface area contributed by atoms with Gasteiger partial charge in [0.2, 0.25) is 0 Å². The number of nitrogens with one attached hydrogen (secondary N) is 3. The van der Waals surface area contributed by atoms with Crippen molar-refractivity contribution in [2.45, 2.75) is 26.0 Å². The zero-order chi connectivity index (χ0) is 18.0. The Bertz CT molecular complexity index is 963. The van der Waals surface area contributed by atoms with Crippen molar-refractivity contribution in [1.29, 1.82) is 0 Å². The van der Waals surface area contributed by atoms with Crippen LogP contribution in [0, 0.1) is 0 Å². The first-order valence-electron chi connectivity index (χ1n) is 7.87. The first-order chi connectivity index (χ1) is 11.9. The molecular weight excluding hydrogens is 342 g/mol. The van der Waals surface area contributed by atoms with E-state index in [1.165, 1.54) is 0 Å². The van der Waals surface area contributed by atoms with Crippen LogP contribution < -0.4 is 15.7 Å². The number of benzene rings is 2. The molecule has 1 amide bonds. The van der Waals surface area contributed by atoms with Crippen molar-refractivity contribution < 1.29 is 9.53 Å². The van der Waals surface area contributed by atoms with Crippen LogP contribution in [0.1, 0.15) is 25.5 Å². The largest absolute Gasteiger partial charge is 0.479 e. The first-order valence-corrected chi connectivity index (χ1v) is 8.25. The Labute approximate surface area is 149 Å². The van der Waals surface area contributed by atoms with Crippen molar-refractivity contribution >= 4 is 28.5 Å². The summed E-state index contributed by atoms with van der Waals surface area (Å²) < 4.78 is 5.62. The Balaban J connectivity index is 1.68. The van der Waals surface area contributed by atoms with Crippen LogP contribution >= 0.6 is 11.6 Å². The molecule has 0 aliphatic heterocycles. The van der Waals surface area contributed by atoms with Gasteiger partial charge >= 0.3 is 5.69 Å². The Morgan fingerprint density at radius 2 is 1.84 bits per heavy atom. The fraction of sp³-hybridized carbons (Fsp3) is 0.222. The second-order valence-corrected chi connectivity index (χ2v) is 6.21. The Hall–Kier alpha value is -2.73. The van der Waals surface area contributed by atoms with E-state index < -0.39 is 6.10 Å². The predicted octanol–water partition coefficient (Wildman–Crippen LogP) is 3.15. The SMILES string of the molecule is C[C@@H](Oc1ccccc1Cl)C(=O)N[C@H](C)c1ccc2[nH]c(=O)[nH]c2c1. The minimum atomic E-state index is -0.696. The highest BCUT2D eigenvalue weighted by atomic mass is 35.5. The van der Waals surface area contributed by atoms with Gasteiger partial charge in [0.15, 0.2) is 6.10 Å². The third kappa shape index (κ3) is 3.85. The number of amides is 1. The van der Waals surface area contributed by atoms with Crippen LogP contribution in [0.2, 0.25) is 5.02 Å². The van der Waals surface area contributed by atoms with Crippen LogP contribution in [0.15, 0.2) is 47.3 Å². The van der Waals surface area contributed by atoms with Gasteiger partial charge in [0.25, 0.3) is 5.91 Å². The molecule has 1 aromatic heterocycles. The number of rotatable bonds is 5. The molecule has 7 heteroatoms. The molecule has 0 saturated heterocycles. The van der Waals surface area contributed by atoms with Crippen LogP contribution in [0.3, 0.4) is 0 Å². The molecule has 1 heterocycles. The molecular formula is C18H18ClN3O3. The molecule has 0 unspecified atom stereocenters. The predicted molar refractivity (Wildman–Crippen MR) is 97.0 cm³/mol. The number of halogens is 1. The summed E-state index contributed by atoms with van der Waals surface area (Å²) in [6.45, 7) is 3.53. The van der Waals surface area contributed by atoms with Crippen molar-refractivity contribution in [3.63, 3.8) is 0 Å². The van der Waals surface area contributed by atoms with Gasteiger partial charge in [-0.05, 0) is 43.7 Å². The minimum Gasteiger partial charge on any atom is -0.479 e. The summed E-state index contributed by atoms with van der Waals surface area (Å²) in [6, 6.07) is 12.3. The number of hydrogen-bond acceptors (Lipinski definition) is 3. The Morgan fingerprint density at radius 3 is 2.60 bits per heavy atom. The Kier molecular flexibility index (Phi) is 4.81. The molecule has 6 nitrogen and oxygen atoms in total. The zero-order valence-electron chi connectivity index (χ0n) is 13.8. The third-order valence-corrected chi connectivity index (χ3v) is 4.22. The number of hydrogen-bond donors (Lipinski definition) is 3. The van der Waals surface area contributed by atoms with E-state index in [2.05, 4.69) is 15.3 Å². The third-order valence-electron chi connectivity index (χ3n) is 3.91. The van der Waals surface area contributed by atoms with Crippen molar-refractivity contribution in [2.75, 3.05) is 0 Å². The lowest BCUT2D eigenvalue weighted by Gasteiger charge is -2.19. The van der Waals surface area contributed by atoms with Crippen molar-refractivity contribution in [3.05, 3.63) is 63.5 Å². The number of aromatic nitrogens is 2. The number of fused-ring (bicyclic) bond motifs is 1. The number of para-hydroxylation sites is 1. The molecule has 0 radical (unpaired) electrons. The van der Waals surface area contributed by atoms with E-state index in [-0.39, 0.29) is 17.6 Å². The van der Waals surface area contributed by atoms with E-state index in [0.717, 1.165) is 11.1 Å². The van der Waals surface area contributed by atoms with Crippen molar-refractivity contribution in [1.82, 2.24) is 15.3 Å². The second-order valence-electron chi connectivity index (χ2n) is 5.80. The summed E-state index contributed by atoms with van der Waals surface area (Å²) in [5, 5.41) is 3.35. The summed E-state index contributed by atoms with van der Waals surface area (Å²) in [5.41, 5.74) is 2.04. The topological polar surface area (TPSA) is 87.0 Å². The van der Waals surface area contributed by atoms with E-state index in [9.17, 15) is 9.59 Å². The minimum absolute atomic E-state index is 0.243. The smallest absolute Gasteiger partial charge is 0.323 e. The van der Waals surface area contributed by atoms with Gasteiger partial charge < -0.3 is 20.0 Å². The van der Waals surface area contributed by atoms with Gasteiger partial charge in [-0.1, -0.05) is 29.8 Å². The molecule has 0 saturated carbocycles. The summed E-state index contributed by atoms with van der Waals surface area (Å²) in [4.78, 5) is 29.1. The standard InChI is InChI=1S/C18H18ClN3O3/c1-10(12-7-8-14-15(9-12)22-18(24)21-14)20-17(23)11(2)25-16-6-4-3-5-13(16)19/h3-11H,1-2H3,(H,20,23)(H2,21,22,24)/t10-,11-/m1/s1. The lowest BCUT2D eigenvalue weighted by Crippen LogP contribution is -2.37. The number of aromatic amines is 2. The average molecular weight is 360 g/mol. The number of imidazole rings is 1. The van der Waals surface area contributed by atoms with E-state index in [4.69, 9.17) is 16.3 Å². The number of H-pyrrole nitrogens is 2. The Morgan fingerprint density at radius 1 is 1.12 bits per heavy atom. The molecule has 2 atom stereocenters. The highest BCUT2D eigenvalue weighted by Gasteiger charge is 2.19. The molecule has 25 heavy (non-hydrogen) atoms. The monoisotopic (exact) mass is 359 g/mol. The van der Waals surface area contributed by atoms with Crippen LogP contribution in [-0.4, -0.2) is 22.0 Å². The molecule has 0 spiro atoms. The fourth-order valence-corrected chi connectivity index (χ4v) is 2.70. The molecule has 0 fully saturated rings. The second kappa shape index (κ2) is 7.03. The van der Waals surface area contributed by atoms with Gasteiger partial charge in [-0.3, -0.25) is 4.79 Å². The quantitative estimate of drug-likeness (QED) is 0.654. The van der Waals surface area contributed by atoms with Crippen LogP contribution in [0.5, 0.6) is 5.75 Å². The normalized spacial score (nSPS) is 13.4. The molecule has 0 bridgehead atoms. The van der Waals surface area contributed by atoms with Crippen LogP contribution in [0.25, 0.3) is 11.0 Å². The molecule has 130 valence electrons. The molecule has 3 aromatic rings. The van der Waals surface area contributed by atoms with Gasteiger partial charge in [-0.2, -0.15) is 0 Å². The van der Waals surface area contributed by atoms with E-state index in [1.807, 2.05) is 19.1 Å².